The van der Waals surface area contributed by atoms with Gasteiger partial charge in [0.05, 0.1) is 18.4 Å². The van der Waals surface area contributed by atoms with Crippen molar-refractivity contribution in [1.82, 2.24) is 0 Å². The number of ether oxygens (including phenoxy) is 2. The zero-order chi connectivity index (χ0) is 24.4. The minimum Gasteiger partial charge on any atom is -0.495 e. The molecule has 1 heterocycles. The summed E-state index contributed by atoms with van der Waals surface area (Å²) in [4.78, 5) is 39.0. The molecule has 3 aromatic carbocycles. The number of anilines is 3. The number of esters is 1. The van der Waals surface area contributed by atoms with Crippen molar-refractivity contribution in [3.8, 4) is 11.5 Å². The van der Waals surface area contributed by atoms with Crippen LogP contribution in [0.2, 0.25) is 5.02 Å². The molecule has 0 fully saturated rings. The van der Waals surface area contributed by atoms with Crippen molar-refractivity contribution in [2.45, 2.75) is 0 Å². The van der Waals surface area contributed by atoms with Gasteiger partial charge in [-0.15, -0.1) is 0 Å². The molecular formula is C24H17Cl2N3O5. The largest absolute Gasteiger partial charge is 0.495 e. The Morgan fingerprint density at radius 1 is 0.941 bits per heavy atom. The average molecular weight is 498 g/mol. The standard InChI is InChI=1S/C24H17Cl2N3O5/c1-33-19-11-4-14(25)12-18(19)29-22(30)20(26)21(23(29)31)28-16-7-2-13(3-8-16)24(32)34-17-9-5-15(27)6-10-17/h2-12,28H,27H2,1H3. The normalized spacial score (nSPS) is 13.3. The van der Waals surface area contributed by atoms with Gasteiger partial charge in [0.15, 0.2) is 0 Å². The van der Waals surface area contributed by atoms with Crippen molar-refractivity contribution in [3.63, 3.8) is 0 Å². The van der Waals surface area contributed by atoms with Gasteiger partial charge in [-0.25, -0.2) is 9.69 Å². The van der Waals surface area contributed by atoms with Crippen molar-refractivity contribution in [1.29, 1.82) is 0 Å². The first-order valence-corrected chi connectivity index (χ1v) is 10.6. The summed E-state index contributed by atoms with van der Waals surface area (Å²) in [5, 5.41) is 2.86. The fraction of sp³-hybridized carbons (Fsp3) is 0.0417. The Morgan fingerprint density at radius 3 is 2.26 bits per heavy atom. The third kappa shape index (κ3) is 4.54. The molecule has 34 heavy (non-hydrogen) atoms. The van der Waals surface area contributed by atoms with Crippen molar-refractivity contribution in [2.75, 3.05) is 23.1 Å². The Hall–Kier alpha value is -4.01. The number of nitrogens with one attached hydrogen (secondary N) is 1. The van der Waals surface area contributed by atoms with E-state index in [0.717, 1.165) is 4.90 Å². The molecule has 1 aliphatic rings. The van der Waals surface area contributed by atoms with E-state index in [-0.39, 0.29) is 27.7 Å². The molecule has 3 N–H and O–H groups in total. The Bertz CT molecular complexity index is 1320. The molecule has 8 nitrogen and oxygen atoms in total. The lowest BCUT2D eigenvalue weighted by molar-refractivity contribution is -0.120. The van der Waals surface area contributed by atoms with Gasteiger partial charge in [0.25, 0.3) is 11.8 Å². The highest BCUT2D eigenvalue weighted by Gasteiger charge is 2.40. The van der Waals surface area contributed by atoms with Gasteiger partial charge in [-0.3, -0.25) is 9.59 Å². The molecule has 1 aliphatic heterocycles. The van der Waals surface area contributed by atoms with Gasteiger partial charge in [-0.05, 0) is 66.7 Å². The quantitative estimate of drug-likeness (QED) is 0.221. The molecule has 10 heteroatoms. The number of carbonyl (C=O) groups excluding carboxylic acids is 3. The third-order valence-corrected chi connectivity index (χ3v) is 5.48. The zero-order valence-corrected chi connectivity index (χ0v) is 19.2. The van der Waals surface area contributed by atoms with Crippen LogP contribution in [0.1, 0.15) is 10.4 Å². The molecule has 0 saturated carbocycles. The summed E-state index contributed by atoms with van der Waals surface area (Å²) in [6.45, 7) is 0. The summed E-state index contributed by atoms with van der Waals surface area (Å²) in [5.41, 5.74) is 6.93. The summed E-state index contributed by atoms with van der Waals surface area (Å²) < 4.78 is 10.5. The first kappa shape index (κ1) is 23.2. The number of imide groups is 1. The van der Waals surface area contributed by atoms with Crippen LogP contribution in [-0.2, 0) is 9.59 Å². The van der Waals surface area contributed by atoms with Gasteiger partial charge in [-0.1, -0.05) is 23.2 Å². The first-order chi connectivity index (χ1) is 16.3. The van der Waals surface area contributed by atoms with E-state index >= 15 is 0 Å². The number of benzene rings is 3. The number of nitrogens with two attached hydrogens (primary N) is 1. The van der Waals surface area contributed by atoms with Crippen LogP contribution in [0.3, 0.4) is 0 Å². The molecule has 2 amide bonds. The topological polar surface area (TPSA) is 111 Å². The predicted molar refractivity (Wildman–Crippen MR) is 129 cm³/mol. The number of nitrogen functional groups attached to an aromatic ring is 1. The number of halogens is 2. The SMILES string of the molecule is COc1ccc(Cl)cc1N1C(=O)C(Cl)=C(Nc2ccc(C(=O)Oc3ccc(N)cc3)cc2)C1=O. The maximum atomic E-state index is 13.0. The number of hydrogen-bond acceptors (Lipinski definition) is 7. The molecule has 3 aromatic rings. The van der Waals surface area contributed by atoms with Crippen LogP contribution in [0.25, 0.3) is 0 Å². The van der Waals surface area contributed by atoms with Gasteiger partial charge in [0, 0.05) is 16.4 Å². The highest BCUT2D eigenvalue weighted by Crippen LogP contribution is 2.37. The van der Waals surface area contributed by atoms with Crippen LogP contribution in [0, 0.1) is 0 Å². The second-order valence-electron chi connectivity index (χ2n) is 7.11. The van der Waals surface area contributed by atoms with E-state index in [0.29, 0.717) is 22.1 Å². The monoisotopic (exact) mass is 497 g/mol. The summed E-state index contributed by atoms with van der Waals surface area (Å²) in [6, 6.07) is 17.1. The maximum absolute atomic E-state index is 13.0. The molecular weight excluding hydrogens is 481 g/mol. The average Bonchev–Trinajstić information content (AvgIpc) is 3.04. The van der Waals surface area contributed by atoms with E-state index in [1.807, 2.05) is 0 Å². The Kier molecular flexibility index (Phi) is 6.45. The van der Waals surface area contributed by atoms with Crippen molar-refractivity contribution < 1.29 is 23.9 Å². The molecule has 0 unspecified atom stereocenters. The highest BCUT2D eigenvalue weighted by atomic mass is 35.5. The van der Waals surface area contributed by atoms with E-state index < -0.39 is 17.8 Å². The van der Waals surface area contributed by atoms with E-state index in [1.165, 1.54) is 25.3 Å². The summed E-state index contributed by atoms with van der Waals surface area (Å²) in [7, 11) is 1.41. The lowest BCUT2D eigenvalue weighted by Gasteiger charge is -2.18. The minimum absolute atomic E-state index is 0.120. The van der Waals surface area contributed by atoms with Crippen molar-refractivity contribution in [3.05, 3.63) is 88.0 Å². The number of hydrogen-bond donors (Lipinski definition) is 2. The molecule has 0 aliphatic carbocycles. The highest BCUT2D eigenvalue weighted by molar-refractivity contribution is 6.53. The summed E-state index contributed by atoms with van der Waals surface area (Å²) >= 11 is 12.2. The molecule has 0 spiro atoms. The fourth-order valence-corrected chi connectivity index (χ4v) is 3.58. The van der Waals surface area contributed by atoms with E-state index in [1.54, 1.807) is 48.5 Å². The van der Waals surface area contributed by atoms with E-state index in [2.05, 4.69) is 5.32 Å². The van der Waals surface area contributed by atoms with Crippen LogP contribution in [0.15, 0.2) is 77.5 Å². The number of methoxy groups -OCH3 is 1. The van der Waals surface area contributed by atoms with Crippen LogP contribution < -0.4 is 25.4 Å². The van der Waals surface area contributed by atoms with Gasteiger partial charge in [0.1, 0.15) is 22.2 Å². The molecule has 0 radical (unpaired) electrons. The molecule has 0 aromatic heterocycles. The zero-order valence-electron chi connectivity index (χ0n) is 17.7. The molecule has 0 atom stereocenters. The second-order valence-corrected chi connectivity index (χ2v) is 7.93. The molecule has 172 valence electrons. The van der Waals surface area contributed by atoms with Crippen molar-refractivity contribution in [2.24, 2.45) is 0 Å². The lowest BCUT2D eigenvalue weighted by atomic mass is 10.2. The summed E-state index contributed by atoms with van der Waals surface area (Å²) in [6.07, 6.45) is 0. The molecule has 4 rings (SSSR count). The smallest absolute Gasteiger partial charge is 0.343 e. The predicted octanol–water partition coefficient (Wildman–Crippen LogP) is 4.59. The van der Waals surface area contributed by atoms with Gasteiger partial charge in [-0.2, -0.15) is 0 Å². The van der Waals surface area contributed by atoms with Crippen LogP contribution in [-0.4, -0.2) is 24.9 Å². The Balaban J connectivity index is 1.51. The third-order valence-electron chi connectivity index (χ3n) is 4.89. The van der Waals surface area contributed by atoms with Gasteiger partial charge in [0.2, 0.25) is 0 Å². The molecule has 0 bridgehead atoms. The lowest BCUT2D eigenvalue weighted by Crippen LogP contribution is -2.32. The second kappa shape index (κ2) is 9.46. The van der Waals surface area contributed by atoms with Crippen molar-refractivity contribution >= 4 is 58.0 Å². The Labute approximate surface area is 204 Å². The minimum atomic E-state index is -0.724. The van der Waals surface area contributed by atoms with Gasteiger partial charge >= 0.3 is 5.97 Å². The number of carbonyl (C=O) groups is 3. The van der Waals surface area contributed by atoms with E-state index in [4.69, 9.17) is 38.4 Å². The fourth-order valence-electron chi connectivity index (χ4n) is 3.20. The van der Waals surface area contributed by atoms with Gasteiger partial charge < -0.3 is 20.5 Å². The Morgan fingerprint density at radius 2 is 1.62 bits per heavy atom. The number of nitrogens with zero attached hydrogens (tertiary/aromatic N) is 1. The summed E-state index contributed by atoms with van der Waals surface area (Å²) in [5.74, 6) is -1.34. The van der Waals surface area contributed by atoms with E-state index in [9.17, 15) is 14.4 Å². The van der Waals surface area contributed by atoms with Crippen LogP contribution in [0.4, 0.5) is 17.1 Å². The number of rotatable bonds is 6. The maximum Gasteiger partial charge on any atom is 0.343 e. The van der Waals surface area contributed by atoms with Crippen LogP contribution >= 0.6 is 23.2 Å². The molecule has 0 saturated heterocycles. The van der Waals surface area contributed by atoms with Crippen LogP contribution in [0.5, 0.6) is 11.5 Å². The number of amides is 2. The first-order valence-electron chi connectivity index (χ1n) is 9.85.